The molecule has 0 aliphatic carbocycles. The van der Waals surface area contributed by atoms with E-state index >= 15 is 0 Å². The van der Waals surface area contributed by atoms with E-state index in [0.717, 1.165) is 24.9 Å². The Balaban J connectivity index is 1.90. The molecule has 1 fully saturated rings. The van der Waals surface area contributed by atoms with Gasteiger partial charge in [-0.05, 0) is 31.0 Å². The Morgan fingerprint density at radius 1 is 1.59 bits per heavy atom. The van der Waals surface area contributed by atoms with Crippen LogP contribution >= 0.6 is 0 Å². The van der Waals surface area contributed by atoms with Crippen molar-refractivity contribution < 1.29 is 4.79 Å². The van der Waals surface area contributed by atoms with Gasteiger partial charge in [0.25, 0.3) is 0 Å². The molecule has 0 spiro atoms. The zero-order valence-electron chi connectivity index (χ0n) is 10.2. The highest BCUT2D eigenvalue weighted by Gasteiger charge is 2.23. The number of piperidine rings is 1. The van der Waals surface area contributed by atoms with Gasteiger partial charge in [0.15, 0.2) is 0 Å². The number of aromatic nitrogens is 1. The number of amides is 1. The van der Waals surface area contributed by atoms with Crippen molar-refractivity contribution in [1.29, 1.82) is 0 Å². The Hall–Kier alpha value is -1.42. The van der Waals surface area contributed by atoms with Crippen LogP contribution in [-0.4, -0.2) is 35.4 Å². The molecule has 92 valence electrons. The van der Waals surface area contributed by atoms with Crippen LogP contribution in [0.1, 0.15) is 24.8 Å². The van der Waals surface area contributed by atoms with Gasteiger partial charge in [0.05, 0.1) is 6.04 Å². The molecular formula is C13H19N3O. The maximum atomic E-state index is 12.1. The summed E-state index contributed by atoms with van der Waals surface area (Å²) in [6, 6.07) is 3.89. The van der Waals surface area contributed by atoms with Gasteiger partial charge in [0, 0.05) is 26.0 Å². The molecule has 1 aromatic rings. The highest BCUT2D eigenvalue weighted by atomic mass is 16.2. The van der Waals surface area contributed by atoms with Crippen LogP contribution in [0.2, 0.25) is 0 Å². The monoisotopic (exact) mass is 233 g/mol. The molecule has 2 heterocycles. The van der Waals surface area contributed by atoms with Crippen LogP contribution in [0.5, 0.6) is 0 Å². The predicted octanol–water partition coefficient (Wildman–Crippen LogP) is 1.18. The lowest BCUT2D eigenvalue weighted by Gasteiger charge is -2.27. The second-order valence-electron chi connectivity index (χ2n) is 4.56. The number of carbonyl (C=O) groups is 1. The van der Waals surface area contributed by atoms with Crippen molar-refractivity contribution >= 4 is 5.91 Å². The molecule has 1 N–H and O–H groups in total. The standard InChI is InChI=1S/C13H19N3O/c1-16(10-11-5-4-7-14-9-11)13(17)12-6-2-3-8-15-12/h4-5,7,9,12,15H,2-3,6,8,10H2,1H3/t12-/m1/s1. The van der Waals surface area contributed by atoms with Crippen LogP contribution in [-0.2, 0) is 11.3 Å². The number of pyridine rings is 1. The molecule has 0 bridgehead atoms. The van der Waals surface area contributed by atoms with Gasteiger partial charge in [0.2, 0.25) is 5.91 Å². The van der Waals surface area contributed by atoms with Crippen molar-refractivity contribution in [3.8, 4) is 0 Å². The van der Waals surface area contributed by atoms with Crippen LogP contribution in [0.4, 0.5) is 0 Å². The lowest BCUT2D eigenvalue weighted by molar-refractivity contribution is -0.133. The van der Waals surface area contributed by atoms with Crippen LogP contribution in [0.25, 0.3) is 0 Å². The molecule has 0 unspecified atom stereocenters. The molecule has 2 rings (SSSR count). The molecule has 1 atom stereocenters. The van der Waals surface area contributed by atoms with E-state index in [9.17, 15) is 4.79 Å². The molecule has 1 aliphatic heterocycles. The zero-order chi connectivity index (χ0) is 12.1. The molecule has 0 aromatic carbocycles. The smallest absolute Gasteiger partial charge is 0.239 e. The summed E-state index contributed by atoms with van der Waals surface area (Å²) < 4.78 is 0. The zero-order valence-corrected chi connectivity index (χ0v) is 10.2. The Kier molecular flexibility index (Phi) is 4.09. The van der Waals surface area contributed by atoms with E-state index in [-0.39, 0.29) is 11.9 Å². The van der Waals surface area contributed by atoms with Gasteiger partial charge in [-0.25, -0.2) is 0 Å². The maximum Gasteiger partial charge on any atom is 0.239 e. The second kappa shape index (κ2) is 5.77. The summed E-state index contributed by atoms with van der Waals surface area (Å²) in [4.78, 5) is 18.0. The highest BCUT2D eigenvalue weighted by molar-refractivity contribution is 5.81. The largest absolute Gasteiger partial charge is 0.340 e. The number of hydrogen-bond donors (Lipinski definition) is 1. The fourth-order valence-corrected chi connectivity index (χ4v) is 2.17. The van der Waals surface area contributed by atoms with E-state index in [1.165, 1.54) is 6.42 Å². The summed E-state index contributed by atoms with van der Waals surface area (Å²) in [5, 5.41) is 3.28. The average molecular weight is 233 g/mol. The Morgan fingerprint density at radius 2 is 2.47 bits per heavy atom. The first-order valence-corrected chi connectivity index (χ1v) is 6.14. The van der Waals surface area contributed by atoms with Crippen molar-refractivity contribution in [3.05, 3.63) is 30.1 Å². The van der Waals surface area contributed by atoms with E-state index < -0.39 is 0 Å². The third-order valence-electron chi connectivity index (χ3n) is 3.13. The topological polar surface area (TPSA) is 45.2 Å². The molecule has 1 aliphatic rings. The first-order chi connectivity index (χ1) is 8.27. The summed E-state index contributed by atoms with van der Waals surface area (Å²) >= 11 is 0. The van der Waals surface area contributed by atoms with Gasteiger partial charge in [-0.1, -0.05) is 12.5 Å². The van der Waals surface area contributed by atoms with E-state index in [4.69, 9.17) is 0 Å². The lowest BCUT2D eigenvalue weighted by Crippen LogP contribution is -2.46. The minimum Gasteiger partial charge on any atom is -0.340 e. The predicted molar refractivity (Wildman–Crippen MR) is 66.4 cm³/mol. The van der Waals surface area contributed by atoms with Crippen LogP contribution in [0, 0.1) is 0 Å². The fraction of sp³-hybridized carbons (Fsp3) is 0.538. The van der Waals surface area contributed by atoms with Gasteiger partial charge in [-0.2, -0.15) is 0 Å². The summed E-state index contributed by atoms with van der Waals surface area (Å²) in [6.45, 7) is 1.59. The molecule has 1 aromatic heterocycles. The van der Waals surface area contributed by atoms with E-state index in [0.29, 0.717) is 6.54 Å². The fourth-order valence-electron chi connectivity index (χ4n) is 2.17. The van der Waals surface area contributed by atoms with E-state index in [2.05, 4.69) is 10.3 Å². The molecular weight excluding hydrogens is 214 g/mol. The third kappa shape index (κ3) is 3.27. The first kappa shape index (κ1) is 12.0. The van der Waals surface area contributed by atoms with Gasteiger partial charge in [-0.15, -0.1) is 0 Å². The Bertz CT molecular complexity index is 360. The minimum absolute atomic E-state index is 0.00502. The molecule has 1 amide bonds. The summed E-state index contributed by atoms with van der Waals surface area (Å²) in [7, 11) is 1.85. The number of likely N-dealkylation sites (N-methyl/N-ethyl adjacent to an activating group) is 1. The lowest BCUT2D eigenvalue weighted by atomic mass is 10.0. The highest BCUT2D eigenvalue weighted by Crippen LogP contribution is 2.10. The summed E-state index contributed by atoms with van der Waals surface area (Å²) in [5.41, 5.74) is 1.07. The molecule has 17 heavy (non-hydrogen) atoms. The van der Waals surface area contributed by atoms with Crippen molar-refractivity contribution in [3.63, 3.8) is 0 Å². The summed E-state index contributed by atoms with van der Waals surface area (Å²) in [6.07, 6.45) is 6.82. The quantitative estimate of drug-likeness (QED) is 0.852. The Morgan fingerprint density at radius 3 is 3.12 bits per heavy atom. The third-order valence-corrected chi connectivity index (χ3v) is 3.13. The van der Waals surface area contributed by atoms with Crippen molar-refractivity contribution in [1.82, 2.24) is 15.2 Å². The Labute approximate surface area is 102 Å². The van der Waals surface area contributed by atoms with Gasteiger partial charge in [-0.3, -0.25) is 9.78 Å². The van der Waals surface area contributed by atoms with Crippen molar-refractivity contribution in [2.75, 3.05) is 13.6 Å². The summed E-state index contributed by atoms with van der Waals surface area (Å²) in [5.74, 6) is 0.188. The number of hydrogen-bond acceptors (Lipinski definition) is 3. The maximum absolute atomic E-state index is 12.1. The normalized spacial score (nSPS) is 19.9. The van der Waals surface area contributed by atoms with E-state index in [1.54, 1.807) is 17.3 Å². The molecule has 4 heteroatoms. The number of rotatable bonds is 3. The molecule has 4 nitrogen and oxygen atoms in total. The van der Waals surface area contributed by atoms with Crippen molar-refractivity contribution in [2.45, 2.75) is 31.8 Å². The number of nitrogens with one attached hydrogen (secondary N) is 1. The van der Waals surface area contributed by atoms with E-state index in [1.807, 2.05) is 19.2 Å². The molecule has 1 saturated heterocycles. The van der Waals surface area contributed by atoms with Crippen LogP contribution in [0.3, 0.4) is 0 Å². The SMILES string of the molecule is CN(Cc1cccnc1)C(=O)[C@H]1CCCCN1. The number of nitrogens with zero attached hydrogens (tertiary/aromatic N) is 2. The molecule has 0 saturated carbocycles. The van der Waals surface area contributed by atoms with Gasteiger partial charge >= 0.3 is 0 Å². The van der Waals surface area contributed by atoms with Crippen LogP contribution < -0.4 is 5.32 Å². The second-order valence-corrected chi connectivity index (χ2v) is 4.56. The van der Waals surface area contributed by atoms with Crippen LogP contribution in [0.15, 0.2) is 24.5 Å². The van der Waals surface area contributed by atoms with Gasteiger partial charge < -0.3 is 10.2 Å². The first-order valence-electron chi connectivity index (χ1n) is 6.14. The van der Waals surface area contributed by atoms with Crippen molar-refractivity contribution in [2.24, 2.45) is 0 Å². The average Bonchev–Trinajstić information content (AvgIpc) is 2.40. The number of carbonyl (C=O) groups excluding carboxylic acids is 1. The van der Waals surface area contributed by atoms with Gasteiger partial charge in [0.1, 0.15) is 0 Å². The molecule has 0 radical (unpaired) electrons. The minimum atomic E-state index is 0.00502.